The van der Waals surface area contributed by atoms with Crippen molar-refractivity contribution in [2.24, 2.45) is 0 Å². The molecular formula is C13H20N2O2. The first-order valence-electron chi connectivity index (χ1n) is 5.74. The van der Waals surface area contributed by atoms with Crippen molar-refractivity contribution >= 4 is 5.97 Å². The summed E-state index contributed by atoms with van der Waals surface area (Å²) >= 11 is 0. The second-order valence-electron chi connectivity index (χ2n) is 4.31. The van der Waals surface area contributed by atoms with Gasteiger partial charge in [0.15, 0.2) is 0 Å². The van der Waals surface area contributed by atoms with E-state index in [-0.39, 0.29) is 0 Å². The van der Waals surface area contributed by atoms with Gasteiger partial charge in [0.05, 0.1) is 5.92 Å². The zero-order chi connectivity index (χ0) is 12.7. The molecule has 0 fully saturated rings. The molecule has 0 radical (unpaired) electrons. The molecule has 0 saturated heterocycles. The van der Waals surface area contributed by atoms with Crippen LogP contribution in [0.1, 0.15) is 11.5 Å². The van der Waals surface area contributed by atoms with Crippen molar-refractivity contribution in [2.75, 3.05) is 33.7 Å². The summed E-state index contributed by atoms with van der Waals surface area (Å²) in [6, 6.07) is 9.33. The first kappa shape index (κ1) is 13.7. The summed E-state index contributed by atoms with van der Waals surface area (Å²) in [6.45, 7) is 2.16. The molecule has 1 rings (SSSR count). The smallest absolute Gasteiger partial charge is 0.312 e. The molecule has 0 saturated carbocycles. The van der Waals surface area contributed by atoms with Gasteiger partial charge in [0, 0.05) is 19.6 Å². The van der Waals surface area contributed by atoms with Gasteiger partial charge in [0.25, 0.3) is 0 Å². The van der Waals surface area contributed by atoms with E-state index in [4.69, 9.17) is 0 Å². The lowest BCUT2D eigenvalue weighted by atomic mass is 9.99. The number of carboxylic acid groups (broad SMARTS) is 1. The van der Waals surface area contributed by atoms with Crippen LogP contribution in [0.3, 0.4) is 0 Å². The molecule has 4 nitrogen and oxygen atoms in total. The number of nitrogens with one attached hydrogen (secondary N) is 1. The Morgan fingerprint density at radius 1 is 1.35 bits per heavy atom. The number of nitrogens with zero attached hydrogens (tertiary/aromatic N) is 1. The van der Waals surface area contributed by atoms with Crippen molar-refractivity contribution in [3.8, 4) is 0 Å². The largest absolute Gasteiger partial charge is 0.481 e. The Kier molecular flexibility index (Phi) is 5.66. The van der Waals surface area contributed by atoms with Gasteiger partial charge in [0.1, 0.15) is 0 Å². The minimum Gasteiger partial charge on any atom is -0.481 e. The van der Waals surface area contributed by atoms with Crippen molar-refractivity contribution < 1.29 is 9.90 Å². The Bertz CT molecular complexity index is 339. The van der Waals surface area contributed by atoms with Crippen molar-refractivity contribution in [3.63, 3.8) is 0 Å². The SMILES string of the molecule is CN(C)CCNCC(C(=O)O)c1ccccc1. The van der Waals surface area contributed by atoms with Crippen LogP contribution in [0.25, 0.3) is 0 Å². The molecule has 17 heavy (non-hydrogen) atoms. The third-order valence-electron chi connectivity index (χ3n) is 2.58. The molecule has 94 valence electrons. The van der Waals surface area contributed by atoms with Crippen LogP contribution in [0.4, 0.5) is 0 Å². The third-order valence-corrected chi connectivity index (χ3v) is 2.58. The fraction of sp³-hybridized carbons (Fsp3) is 0.462. The number of hydrogen-bond donors (Lipinski definition) is 2. The van der Waals surface area contributed by atoms with Gasteiger partial charge in [0.2, 0.25) is 0 Å². The van der Waals surface area contributed by atoms with E-state index in [0.29, 0.717) is 6.54 Å². The minimum atomic E-state index is -0.784. The molecule has 0 spiro atoms. The molecule has 4 heteroatoms. The molecule has 1 aromatic rings. The summed E-state index contributed by atoms with van der Waals surface area (Å²) in [7, 11) is 3.99. The molecule has 0 aliphatic heterocycles. The predicted octanol–water partition coefficient (Wildman–Crippen LogP) is 1.01. The number of rotatable bonds is 7. The van der Waals surface area contributed by atoms with Crippen molar-refractivity contribution in [3.05, 3.63) is 35.9 Å². The fourth-order valence-electron chi connectivity index (χ4n) is 1.58. The lowest BCUT2D eigenvalue weighted by molar-refractivity contribution is -0.138. The topological polar surface area (TPSA) is 52.6 Å². The van der Waals surface area contributed by atoms with Gasteiger partial charge in [-0.15, -0.1) is 0 Å². The van der Waals surface area contributed by atoms with Gasteiger partial charge in [-0.1, -0.05) is 30.3 Å². The Labute approximate surface area is 102 Å². The van der Waals surface area contributed by atoms with Crippen LogP contribution in [-0.2, 0) is 4.79 Å². The molecule has 1 unspecified atom stereocenters. The lowest BCUT2D eigenvalue weighted by Gasteiger charge is -2.15. The molecule has 0 aromatic heterocycles. The van der Waals surface area contributed by atoms with Gasteiger partial charge >= 0.3 is 5.97 Å². The molecule has 1 aromatic carbocycles. The zero-order valence-electron chi connectivity index (χ0n) is 10.4. The molecule has 0 aliphatic carbocycles. The van der Waals surface area contributed by atoms with Crippen LogP contribution in [0, 0.1) is 0 Å². The maximum Gasteiger partial charge on any atom is 0.312 e. The van der Waals surface area contributed by atoms with Gasteiger partial charge in [-0.05, 0) is 19.7 Å². The number of hydrogen-bond acceptors (Lipinski definition) is 3. The van der Waals surface area contributed by atoms with Crippen molar-refractivity contribution in [1.29, 1.82) is 0 Å². The minimum absolute atomic E-state index is 0.465. The van der Waals surface area contributed by atoms with Crippen LogP contribution >= 0.6 is 0 Å². The maximum absolute atomic E-state index is 11.2. The number of aliphatic carboxylic acids is 1. The highest BCUT2D eigenvalue weighted by atomic mass is 16.4. The third kappa shape index (κ3) is 4.97. The van der Waals surface area contributed by atoms with Crippen LogP contribution in [0.5, 0.6) is 0 Å². The number of benzene rings is 1. The predicted molar refractivity (Wildman–Crippen MR) is 68.2 cm³/mol. The van der Waals surface area contributed by atoms with Crippen LogP contribution in [0.15, 0.2) is 30.3 Å². The van der Waals surface area contributed by atoms with Gasteiger partial charge < -0.3 is 15.3 Å². The summed E-state index contributed by atoms with van der Waals surface area (Å²) in [5.74, 6) is -1.26. The Morgan fingerprint density at radius 2 is 2.00 bits per heavy atom. The monoisotopic (exact) mass is 236 g/mol. The summed E-state index contributed by atoms with van der Waals surface area (Å²) in [6.07, 6.45) is 0. The highest BCUT2D eigenvalue weighted by molar-refractivity contribution is 5.76. The van der Waals surface area contributed by atoms with E-state index in [1.807, 2.05) is 44.4 Å². The van der Waals surface area contributed by atoms with Crippen LogP contribution in [0.2, 0.25) is 0 Å². The first-order chi connectivity index (χ1) is 8.11. The Balaban J connectivity index is 2.48. The second-order valence-corrected chi connectivity index (χ2v) is 4.31. The summed E-state index contributed by atoms with van der Waals surface area (Å²) in [5, 5.41) is 12.4. The number of carbonyl (C=O) groups is 1. The molecule has 0 amide bonds. The molecular weight excluding hydrogens is 216 g/mol. The van der Waals surface area contributed by atoms with Gasteiger partial charge in [-0.2, -0.15) is 0 Å². The van der Waals surface area contributed by atoms with E-state index in [9.17, 15) is 9.90 Å². The van der Waals surface area contributed by atoms with E-state index in [2.05, 4.69) is 10.2 Å². The number of carboxylic acids is 1. The molecule has 0 aliphatic rings. The first-order valence-corrected chi connectivity index (χ1v) is 5.74. The number of likely N-dealkylation sites (N-methyl/N-ethyl adjacent to an activating group) is 1. The van der Waals surface area contributed by atoms with E-state index < -0.39 is 11.9 Å². The normalized spacial score (nSPS) is 12.6. The average molecular weight is 236 g/mol. The summed E-state index contributed by atoms with van der Waals surface area (Å²) in [4.78, 5) is 13.2. The summed E-state index contributed by atoms with van der Waals surface area (Å²) in [5.41, 5.74) is 0.845. The zero-order valence-corrected chi connectivity index (χ0v) is 10.4. The highest BCUT2D eigenvalue weighted by Crippen LogP contribution is 2.14. The lowest BCUT2D eigenvalue weighted by Crippen LogP contribution is -2.32. The maximum atomic E-state index is 11.2. The van der Waals surface area contributed by atoms with Crippen molar-refractivity contribution in [2.45, 2.75) is 5.92 Å². The van der Waals surface area contributed by atoms with Gasteiger partial charge in [-0.3, -0.25) is 4.79 Å². The quantitative estimate of drug-likeness (QED) is 0.694. The Morgan fingerprint density at radius 3 is 2.53 bits per heavy atom. The van der Waals surface area contributed by atoms with E-state index in [1.165, 1.54) is 0 Å². The highest BCUT2D eigenvalue weighted by Gasteiger charge is 2.18. The average Bonchev–Trinajstić information content (AvgIpc) is 2.29. The standard InChI is InChI=1S/C13H20N2O2/c1-15(2)9-8-14-10-12(13(16)17)11-6-4-3-5-7-11/h3-7,12,14H,8-10H2,1-2H3,(H,16,17). The molecule has 0 bridgehead atoms. The summed E-state index contributed by atoms with van der Waals surface area (Å²) < 4.78 is 0. The van der Waals surface area contributed by atoms with Gasteiger partial charge in [-0.25, -0.2) is 0 Å². The van der Waals surface area contributed by atoms with E-state index in [1.54, 1.807) is 0 Å². The Hall–Kier alpha value is -1.39. The molecule has 1 atom stereocenters. The fourth-order valence-corrected chi connectivity index (χ4v) is 1.58. The van der Waals surface area contributed by atoms with E-state index >= 15 is 0 Å². The van der Waals surface area contributed by atoms with Crippen LogP contribution in [-0.4, -0.2) is 49.7 Å². The van der Waals surface area contributed by atoms with E-state index in [0.717, 1.165) is 18.7 Å². The van der Waals surface area contributed by atoms with Crippen molar-refractivity contribution in [1.82, 2.24) is 10.2 Å². The molecule has 2 N–H and O–H groups in total. The van der Waals surface area contributed by atoms with Crippen LogP contribution < -0.4 is 5.32 Å². The second kappa shape index (κ2) is 7.04. The molecule has 0 heterocycles.